The molecular weight excluding hydrogens is 382 g/mol. The van der Waals surface area contributed by atoms with E-state index >= 15 is 0 Å². The number of ether oxygens (including phenoxy) is 1. The number of aryl methyl sites for hydroxylation is 1. The molecule has 1 fully saturated rings. The molecule has 0 unspecified atom stereocenters. The first kappa shape index (κ1) is 18.3. The molecular formula is C14H16BrN5O4. The van der Waals surface area contributed by atoms with Gasteiger partial charge in [-0.3, -0.25) is 9.36 Å². The van der Waals surface area contributed by atoms with Gasteiger partial charge in [-0.15, -0.1) is 0 Å². The SMILES string of the molecule is Cc1cn([C@H]2C[C@H](N=[N+]=[N-])[C@@H](CO)O2)c(=O)n(CC#CCBr)c1=O. The van der Waals surface area contributed by atoms with Gasteiger partial charge in [0.15, 0.2) is 0 Å². The van der Waals surface area contributed by atoms with Gasteiger partial charge in [-0.2, -0.15) is 0 Å². The van der Waals surface area contributed by atoms with Crippen molar-refractivity contribution < 1.29 is 9.84 Å². The van der Waals surface area contributed by atoms with E-state index < -0.39 is 29.6 Å². The van der Waals surface area contributed by atoms with Gasteiger partial charge in [0, 0.05) is 23.1 Å². The van der Waals surface area contributed by atoms with E-state index in [0.717, 1.165) is 4.57 Å². The minimum absolute atomic E-state index is 0.0269. The normalized spacial score (nSPS) is 22.5. The monoisotopic (exact) mass is 397 g/mol. The van der Waals surface area contributed by atoms with Crippen LogP contribution in [-0.4, -0.2) is 38.3 Å². The summed E-state index contributed by atoms with van der Waals surface area (Å²) in [6.07, 6.45) is 0.239. The van der Waals surface area contributed by atoms with Crippen molar-refractivity contribution in [3.63, 3.8) is 0 Å². The summed E-state index contributed by atoms with van der Waals surface area (Å²) in [6, 6.07) is -0.578. The highest BCUT2D eigenvalue weighted by Crippen LogP contribution is 2.29. The van der Waals surface area contributed by atoms with E-state index in [1.807, 2.05) is 0 Å². The Bertz CT molecular complexity index is 830. The van der Waals surface area contributed by atoms with Gasteiger partial charge in [0.05, 0.1) is 30.6 Å². The van der Waals surface area contributed by atoms with Crippen LogP contribution in [0.4, 0.5) is 0 Å². The highest BCUT2D eigenvalue weighted by molar-refractivity contribution is 9.09. The summed E-state index contributed by atoms with van der Waals surface area (Å²) in [5.41, 5.74) is 7.98. The van der Waals surface area contributed by atoms with Crippen molar-refractivity contribution in [3.05, 3.63) is 43.0 Å². The second-order valence-electron chi connectivity index (χ2n) is 5.20. The van der Waals surface area contributed by atoms with E-state index in [2.05, 4.69) is 37.8 Å². The fraction of sp³-hybridized carbons (Fsp3) is 0.571. The molecule has 1 aliphatic rings. The molecule has 2 rings (SSSR count). The largest absolute Gasteiger partial charge is 0.394 e. The molecule has 0 spiro atoms. The minimum atomic E-state index is -0.722. The van der Waals surface area contributed by atoms with Crippen LogP contribution in [0.15, 0.2) is 20.9 Å². The van der Waals surface area contributed by atoms with Gasteiger partial charge in [0.1, 0.15) is 6.23 Å². The highest BCUT2D eigenvalue weighted by atomic mass is 79.9. The van der Waals surface area contributed by atoms with Gasteiger partial charge in [0.25, 0.3) is 5.56 Å². The molecule has 1 aromatic heterocycles. The average Bonchev–Trinajstić information content (AvgIpc) is 2.97. The molecule has 1 aliphatic heterocycles. The van der Waals surface area contributed by atoms with Crippen LogP contribution in [-0.2, 0) is 11.3 Å². The second kappa shape index (κ2) is 8.17. The molecule has 128 valence electrons. The Hall–Kier alpha value is -2.05. The first-order valence-electron chi connectivity index (χ1n) is 7.18. The van der Waals surface area contributed by atoms with Gasteiger partial charge in [-0.25, -0.2) is 9.36 Å². The van der Waals surface area contributed by atoms with E-state index in [9.17, 15) is 14.7 Å². The van der Waals surface area contributed by atoms with E-state index in [4.69, 9.17) is 10.3 Å². The van der Waals surface area contributed by atoms with Crippen molar-refractivity contribution in [2.75, 3.05) is 11.9 Å². The van der Waals surface area contributed by atoms with Crippen LogP contribution in [0.2, 0.25) is 0 Å². The maximum absolute atomic E-state index is 12.6. The van der Waals surface area contributed by atoms with Crippen molar-refractivity contribution in [1.82, 2.24) is 9.13 Å². The lowest BCUT2D eigenvalue weighted by Crippen LogP contribution is -2.42. The Morgan fingerprint density at radius 1 is 1.54 bits per heavy atom. The lowest BCUT2D eigenvalue weighted by molar-refractivity contribution is -0.0276. The fourth-order valence-electron chi connectivity index (χ4n) is 2.52. The van der Waals surface area contributed by atoms with Crippen molar-refractivity contribution in [2.24, 2.45) is 5.11 Å². The number of azide groups is 1. The predicted molar refractivity (Wildman–Crippen MR) is 89.8 cm³/mol. The zero-order valence-corrected chi connectivity index (χ0v) is 14.5. The molecule has 0 amide bonds. The Balaban J connectivity index is 2.43. The van der Waals surface area contributed by atoms with Gasteiger partial charge in [0.2, 0.25) is 0 Å². The molecule has 1 aromatic rings. The van der Waals surface area contributed by atoms with E-state index in [1.165, 1.54) is 10.8 Å². The molecule has 1 saturated heterocycles. The van der Waals surface area contributed by atoms with E-state index in [1.54, 1.807) is 6.92 Å². The van der Waals surface area contributed by atoms with Crippen LogP contribution in [0, 0.1) is 18.8 Å². The number of alkyl halides is 1. The number of hydrogen-bond acceptors (Lipinski definition) is 5. The lowest BCUT2D eigenvalue weighted by Gasteiger charge is -2.17. The van der Waals surface area contributed by atoms with Crippen LogP contribution in [0.1, 0.15) is 18.2 Å². The number of nitrogens with zero attached hydrogens (tertiary/aromatic N) is 5. The van der Waals surface area contributed by atoms with Crippen molar-refractivity contribution in [1.29, 1.82) is 0 Å². The number of rotatable bonds is 4. The Morgan fingerprint density at radius 3 is 2.92 bits per heavy atom. The number of hydrogen-bond donors (Lipinski definition) is 1. The summed E-state index contributed by atoms with van der Waals surface area (Å²) in [6.45, 7) is 1.24. The topological polar surface area (TPSA) is 122 Å². The summed E-state index contributed by atoms with van der Waals surface area (Å²) in [7, 11) is 0. The number of halogens is 1. The summed E-state index contributed by atoms with van der Waals surface area (Å²) < 4.78 is 7.92. The van der Waals surface area contributed by atoms with Crippen LogP contribution >= 0.6 is 15.9 Å². The van der Waals surface area contributed by atoms with Gasteiger partial charge < -0.3 is 9.84 Å². The third kappa shape index (κ3) is 3.71. The van der Waals surface area contributed by atoms with Crippen LogP contribution in [0.25, 0.3) is 10.4 Å². The Labute approximate surface area is 145 Å². The molecule has 24 heavy (non-hydrogen) atoms. The zero-order chi connectivity index (χ0) is 17.7. The quantitative estimate of drug-likeness (QED) is 0.263. The Morgan fingerprint density at radius 2 is 2.29 bits per heavy atom. The maximum Gasteiger partial charge on any atom is 0.333 e. The Kier molecular flexibility index (Phi) is 6.23. The predicted octanol–water partition coefficient (Wildman–Crippen LogP) is 0.675. The first-order chi connectivity index (χ1) is 11.5. The third-order valence-electron chi connectivity index (χ3n) is 3.69. The minimum Gasteiger partial charge on any atom is -0.394 e. The van der Waals surface area contributed by atoms with Gasteiger partial charge in [-0.1, -0.05) is 32.9 Å². The maximum atomic E-state index is 12.6. The summed E-state index contributed by atoms with van der Waals surface area (Å²) in [5.74, 6) is 5.47. The molecule has 0 aromatic carbocycles. The van der Waals surface area contributed by atoms with Crippen molar-refractivity contribution in [3.8, 4) is 11.8 Å². The summed E-state index contributed by atoms with van der Waals surface area (Å²) in [5, 5.41) is 13.4. The third-order valence-corrected chi connectivity index (χ3v) is 3.97. The molecule has 0 saturated carbocycles. The van der Waals surface area contributed by atoms with Crippen LogP contribution < -0.4 is 11.2 Å². The molecule has 0 radical (unpaired) electrons. The average molecular weight is 398 g/mol. The lowest BCUT2D eigenvalue weighted by atomic mass is 10.1. The van der Waals surface area contributed by atoms with Gasteiger partial charge >= 0.3 is 5.69 Å². The van der Waals surface area contributed by atoms with E-state index in [-0.39, 0.29) is 19.6 Å². The molecule has 9 nitrogen and oxygen atoms in total. The number of aliphatic hydroxyl groups excluding tert-OH is 1. The molecule has 1 N–H and O–H groups in total. The smallest absolute Gasteiger partial charge is 0.333 e. The van der Waals surface area contributed by atoms with Crippen LogP contribution in [0.5, 0.6) is 0 Å². The molecule has 3 atom stereocenters. The van der Waals surface area contributed by atoms with E-state index in [0.29, 0.717) is 10.9 Å². The summed E-state index contributed by atoms with van der Waals surface area (Å²) >= 11 is 3.15. The summed E-state index contributed by atoms with van der Waals surface area (Å²) in [4.78, 5) is 27.5. The first-order valence-corrected chi connectivity index (χ1v) is 8.30. The molecule has 0 aliphatic carbocycles. The van der Waals surface area contributed by atoms with Crippen molar-refractivity contribution >= 4 is 15.9 Å². The fourth-order valence-corrected chi connectivity index (χ4v) is 2.72. The highest BCUT2D eigenvalue weighted by Gasteiger charge is 2.36. The molecule has 2 heterocycles. The molecule has 10 heteroatoms. The number of aromatic nitrogens is 2. The standard InChI is InChI=1S/C14H16BrN5O4/c1-9-7-20(12-6-10(17-18-16)11(8-21)24-12)14(23)19(13(9)22)5-3-2-4-15/h7,10-12,21H,4-6,8H2,1H3/t10-,11+,12+/m0/s1. The molecule has 0 bridgehead atoms. The van der Waals surface area contributed by atoms with Crippen molar-refractivity contribution in [2.45, 2.75) is 38.3 Å². The van der Waals surface area contributed by atoms with Crippen LogP contribution in [0.3, 0.4) is 0 Å². The van der Waals surface area contributed by atoms with Gasteiger partial charge in [-0.05, 0) is 12.5 Å². The second-order valence-corrected chi connectivity index (χ2v) is 5.76. The zero-order valence-electron chi connectivity index (χ0n) is 12.9. The number of aliphatic hydroxyl groups is 1.